The maximum atomic E-state index is 11.6. The Labute approximate surface area is 116 Å². The average Bonchev–Trinajstić information content (AvgIpc) is 2.46. The van der Waals surface area contributed by atoms with Gasteiger partial charge in [0.25, 0.3) is 0 Å². The van der Waals surface area contributed by atoms with E-state index in [1.165, 1.54) is 7.11 Å². The Kier molecular flexibility index (Phi) is 4.31. The number of pyridine rings is 1. The molecule has 19 heavy (non-hydrogen) atoms. The van der Waals surface area contributed by atoms with Crippen LogP contribution >= 0.6 is 11.6 Å². The third-order valence-electron chi connectivity index (χ3n) is 2.58. The molecule has 2 rings (SSSR count). The number of ether oxygens (including phenoxy) is 1. The number of rotatable bonds is 3. The zero-order chi connectivity index (χ0) is 13.7. The predicted molar refractivity (Wildman–Crippen MR) is 76.0 cm³/mol. The van der Waals surface area contributed by atoms with Crippen LogP contribution in [0.4, 0.5) is 0 Å². The van der Waals surface area contributed by atoms with E-state index in [1.807, 2.05) is 36.4 Å². The van der Waals surface area contributed by atoms with Gasteiger partial charge in [0.05, 0.1) is 12.7 Å². The van der Waals surface area contributed by atoms with Crippen molar-refractivity contribution in [3.63, 3.8) is 0 Å². The molecule has 0 amide bonds. The van der Waals surface area contributed by atoms with E-state index in [0.29, 0.717) is 16.1 Å². The Morgan fingerprint density at radius 1 is 1.21 bits per heavy atom. The van der Waals surface area contributed by atoms with Crippen LogP contribution in [0.15, 0.2) is 42.7 Å². The van der Waals surface area contributed by atoms with E-state index in [1.54, 1.807) is 18.5 Å². The number of halogens is 1. The molecule has 2 aromatic rings. The third kappa shape index (κ3) is 3.42. The van der Waals surface area contributed by atoms with Crippen molar-refractivity contribution < 1.29 is 9.53 Å². The number of nitrogens with zero attached hydrogens (tertiary/aromatic N) is 1. The number of esters is 1. The zero-order valence-corrected chi connectivity index (χ0v) is 11.1. The summed E-state index contributed by atoms with van der Waals surface area (Å²) in [5.41, 5.74) is 2.19. The number of benzene rings is 1. The van der Waals surface area contributed by atoms with Gasteiger partial charge in [0.15, 0.2) is 0 Å². The molecule has 0 radical (unpaired) electrons. The second-order valence-corrected chi connectivity index (χ2v) is 4.28. The normalized spacial score (nSPS) is 10.6. The van der Waals surface area contributed by atoms with Gasteiger partial charge in [0.2, 0.25) is 0 Å². The Morgan fingerprint density at radius 2 is 1.95 bits per heavy atom. The van der Waals surface area contributed by atoms with Crippen LogP contribution in [0, 0.1) is 0 Å². The molecule has 0 spiro atoms. The van der Waals surface area contributed by atoms with E-state index < -0.39 is 0 Å². The number of carbonyl (C=O) groups excluding carboxylic acids is 1. The molecule has 0 aliphatic rings. The molecule has 0 bridgehead atoms. The molecule has 0 aliphatic carbocycles. The molecule has 1 heterocycles. The van der Waals surface area contributed by atoms with E-state index in [9.17, 15) is 4.79 Å². The van der Waals surface area contributed by atoms with Gasteiger partial charge in [-0.05, 0) is 23.8 Å². The second-order valence-electron chi connectivity index (χ2n) is 3.84. The van der Waals surface area contributed by atoms with Crippen molar-refractivity contribution in [3.8, 4) is 0 Å². The van der Waals surface area contributed by atoms with E-state index in [0.717, 1.165) is 5.56 Å². The standard InChI is InChI=1S/C15H12ClNO2/c1-19-15(18)14-8-9-17-10-12(14)5-2-11-3-6-13(16)7-4-11/h2-10H,1H3/b5-2+. The van der Waals surface area contributed by atoms with Crippen molar-refractivity contribution in [1.29, 1.82) is 0 Å². The third-order valence-corrected chi connectivity index (χ3v) is 2.83. The smallest absolute Gasteiger partial charge is 0.338 e. The monoisotopic (exact) mass is 273 g/mol. The topological polar surface area (TPSA) is 39.2 Å². The van der Waals surface area contributed by atoms with Crippen LogP contribution in [-0.4, -0.2) is 18.1 Å². The highest BCUT2D eigenvalue weighted by Gasteiger charge is 2.08. The van der Waals surface area contributed by atoms with Crippen LogP contribution in [0.3, 0.4) is 0 Å². The fraction of sp³-hybridized carbons (Fsp3) is 0.0667. The summed E-state index contributed by atoms with van der Waals surface area (Å²) >= 11 is 5.82. The summed E-state index contributed by atoms with van der Waals surface area (Å²) in [6.45, 7) is 0. The van der Waals surface area contributed by atoms with Gasteiger partial charge in [-0.25, -0.2) is 4.79 Å². The summed E-state index contributed by atoms with van der Waals surface area (Å²) in [6.07, 6.45) is 6.90. The van der Waals surface area contributed by atoms with Gasteiger partial charge < -0.3 is 4.74 Å². The highest BCUT2D eigenvalue weighted by Crippen LogP contribution is 2.15. The molecule has 1 aromatic carbocycles. The van der Waals surface area contributed by atoms with Gasteiger partial charge in [-0.15, -0.1) is 0 Å². The Balaban J connectivity index is 2.28. The largest absolute Gasteiger partial charge is 0.465 e. The molecule has 4 heteroatoms. The van der Waals surface area contributed by atoms with Crippen molar-refractivity contribution in [2.24, 2.45) is 0 Å². The number of carbonyl (C=O) groups is 1. The maximum absolute atomic E-state index is 11.6. The van der Waals surface area contributed by atoms with Crippen molar-refractivity contribution >= 4 is 29.7 Å². The first-order valence-electron chi connectivity index (χ1n) is 5.66. The summed E-state index contributed by atoms with van der Waals surface area (Å²) in [7, 11) is 1.36. The van der Waals surface area contributed by atoms with Crippen molar-refractivity contribution in [2.45, 2.75) is 0 Å². The fourth-order valence-electron chi connectivity index (χ4n) is 1.60. The minimum Gasteiger partial charge on any atom is -0.465 e. The molecule has 0 fully saturated rings. The second kappa shape index (κ2) is 6.16. The van der Waals surface area contributed by atoms with Crippen LogP contribution in [0.1, 0.15) is 21.5 Å². The molecular formula is C15H12ClNO2. The maximum Gasteiger partial charge on any atom is 0.338 e. The molecule has 3 nitrogen and oxygen atoms in total. The minimum absolute atomic E-state index is 0.377. The molecule has 0 saturated carbocycles. The first kappa shape index (κ1) is 13.3. The molecule has 0 saturated heterocycles. The first-order valence-corrected chi connectivity index (χ1v) is 6.04. The van der Waals surface area contributed by atoms with Crippen molar-refractivity contribution in [2.75, 3.05) is 7.11 Å². The molecule has 0 atom stereocenters. The van der Waals surface area contributed by atoms with Gasteiger partial charge in [0, 0.05) is 23.0 Å². The number of methoxy groups -OCH3 is 1. The van der Waals surface area contributed by atoms with Crippen LogP contribution < -0.4 is 0 Å². The van der Waals surface area contributed by atoms with Gasteiger partial charge >= 0.3 is 5.97 Å². The minimum atomic E-state index is -0.377. The lowest BCUT2D eigenvalue weighted by atomic mass is 10.1. The fourth-order valence-corrected chi connectivity index (χ4v) is 1.72. The summed E-state index contributed by atoms with van der Waals surface area (Å²) in [4.78, 5) is 15.6. The van der Waals surface area contributed by atoms with Crippen molar-refractivity contribution in [1.82, 2.24) is 4.98 Å². The summed E-state index contributed by atoms with van der Waals surface area (Å²) in [5, 5.41) is 0.689. The Bertz CT molecular complexity index is 606. The first-order chi connectivity index (χ1) is 9.20. The molecule has 96 valence electrons. The predicted octanol–water partition coefficient (Wildman–Crippen LogP) is 3.69. The van der Waals surface area contributed by atoms with Crippen LogP contribution in [0.25, 0.3) is 12.2 Å². The molecule has 0 N–H and O–H groups in total. The van der Waals surface area contributed by atoms with E-state index in [2.05, 4.69) is 4.98 Å². The summed E-state index contributed by atoms with van der Waals surface area (Å²) < 4.78 is 4.73. The van der Waals surface area contributed by atoms with E-state index in [4.69, 9.17) is 16.3 Å². The summed E-state index contributed by atoms with van der Waals surface area (Å²) in [6, 6.07) is 9.05. The number of aromatic nitrogens is 1. The molecule has 0 aliphatic heterocycles. The molecular weight excluding hydrogens is 262 g/mol. The quantitative estimate of drug-likeness (QED) is 0.801. The number of hydrogen-bond donors (Lipinski definition) is 0. The SMILES string of the molecule is COC(=O)c1ccncc1/C=C/c1ccc(Cl)cc1. The highest BCUT2D eigenvalue weighted by atomic mass is 35.5. The zero-order valence-electron chi connectivity index (χ0n) is 10.3. The van der Waals surface area contributed by atoms with E-state index in [-0.39, 0.29) is 5.97 Å². The van der Waals surface area contributed by atoms with Gasteiger partial charge in [-0.1, -0.05) is 35.9 Å². The summed E-state index contributed by atoms with van der Waals surface area (Å²) in [5.74, 6) is -0.377. The Hall–Kier alpha value is -2.13. The van der Waals surface area contributed by atoms with Crippen LogP contribution in [0.5, 0.6) is 0 Å². The van der Waals surface area contributed by atoms with Gasteiger partial charge in [-0.3, -0.25) is 4.98 Å². The van der Waals surface area contributed by atoms with Gasteiger partial charge in [-0.2, -0.15) is 0 Å². The Morgan fingerprint density at radius 3 is 2.63 bits per heavy atom. The van der Waals surface area contributed by atoms with Crippen LogP contribution in [0.2, 0.25) is 5.02 Å². The lowest BCUT2D eigenvalue weighted by Gasteiger charge is -2.02. The van der Waals surface area contributed by atoms with Crippen molar-refractivity contribution in [3.05, 3.63) is 64.4 Å². The highest BCUT2D eigenvalue weighted by molar-refractivity contribution is 6.30. The average molecular weight is 274 g/mol. The lowest BCUT2D eigenvalue weighted by Crippen LogP contribution is -2.03. The number of hydrogen-bond acceptors (Lipinski definition) is 3. The molecule has 0 unspecified atom stereocenters. The molecule has 1 aromatic heterocycles. The lowest BCUT2D eigenvalue weighted by molar-refractivity contribution is 0.0600. The van der Waals surface area contributed by atoms with Crippen LogP contribution in [-0.2, 0) is 4.74 Å². The van der Waals surface area contributed by atoms with Gasteiger partial charge in [0.1, 0.15) is 0 Å². The van der Waals surface area contributed by atoms with E-state index >= 15 is 0 Å².